The number of aliphatic hydroxyl groups is 1. The second kappa shape index (κ2) is 6.17. The van der Waals surface area contributed by atoms with Crippen LogP contribution in [0, 0.1) is 5.82 Å². The number of hydrogen-bond acceptors (Lipinski definition) is 4. The zero-order valence-electron chi connectivity index (χ0n) is 10.9. The van der Waals surface area contributed by atoms with Crippen molar-refractivity contribution >= 4 is 17.4 Å². The monoisotopic (exact) mass is 330 g/mol. The van der Waals surface area contributed by atoms with Crippen LogP contribution in [0.3, 0.4) is 0 Å². The Hall–Kier alpha value is -1.38. The molecular weight excluding hydrogens is 320 g/mol. The summed E-state index contributed by atoms with van der Waals surface area (Å²) in [6.45, 7) is -1.35. The normalized spacial score (nSPS) is 14.7. The Labute approximate surface area is 122 Å². The van der Waals surface area contributed by atoms with Crippen molar-refractivity contribution in [3.63, 3.8) is 0 Å². The molecule has 1 aromatic carbocycles. The molecule has 0 aliphatic carbocycles. The van der Waals surface area contributed by atoms with Crippen molar-refractivity contribution in [1.82, 2.24) is 0 Å². The van der Waals surface area contributed by atoms with Gasteiger partial charge in [-0.1, -0.05) is 11.6 Å². The Morgan fingerprint density at radius 1 is 1.33 bits per heavy atom. The second-order valence-corrected chi connectivity index (χ2v) is 4.44. The highest BCUT2D eigenvalue weighted by atomic mass is 35.5. The molecule has 0 spiro atoms. The van der Waals surface area contributed by atoms with Gasteiger partial charge < -0.3 is 14.6 Å². The molecule has 1 atom stereocenters. The second-order valence-electron chi connectivity index (χ2n) is 4.06. The van der Waals surface area contributed by atoms with E-state index in [1.165, 1.54) is 0 Å². The van der Waals surface area contributed by atoms with Crippen LogP contribution in [0.25, 0.3) is 0 Å². The SMILES string of the molecule is COC[C@@](O)(C(=O)c1ccc(OC)c(F)c1Cl)C(F)(F)F. The fourth-order valence-electron chi connectivity index (χ4n) is 1.57. The number of alkyl halides is 3. The van der Waals surface area contributed by atoms with Crippen LogP contribution in [0.5, 0.6) is 5.75 Å². The number of halogens is 5. The zero-order chi connectivity index (χ0) is 16.4. The zero-order valence-corrected chi connectivity index (χ0v) is 11.7. The molecule has 0 saturated heterocycles. The molecule has 0 aromatic heterocycles. The lowest BCUT2D eigenvalue weighted by Gasteiger charge is -2.28. The van der Waals surface area contributed by atoms with Crippen LogP contribution in [0.4, 0.5) is 17.6 Å². The molecule has 0 fully saturated rings. The molecule has 118 valence electrons. The van der Waals surface area contributed by atoms with Crippen LogP contribution in [0.15, 0.2) is 12.1 Å². The standard InChI is InChI=1S/C12H11ClF4O4/c1-20-5-11(19,12(15,16)17)10(18)6-3-4-7(21-2)9(14)8(6)13/h3-4,19H,5H2,1-2H3/t11-/m1/s1. The molecule has 0 aliphatic heterocycles. The molecule has 0 bridgehead atoms. The molecule has 0 aliphatic rings. The Bertz CT molecular complexity index is 547. The van der Waals surface area contributed by atoms with E-state index in [0.717, 1.165) is 26.4 Å². The molecule has 21 heavy (non-hydrogen) atoms. The van der Waals surface area contributed by atoms with Gasteiger partial charge in [0, 0.05) is 12.7 Å². The van der Waals surface area contributed by atoms with E-state index in [0.29, 0.717) is 0 Å². The number of carbonyl (C=O) groups excluding carboxylic acids is 1. The van der Waals surface area contributed by atoms with Gasteiger partial charge in [0.05, 0.1) is 18.7 Å². The summed E-state index contributed by atoms with van der Waals surface area (Å²) in [7, 11) is 1.99. The van der Waals surface area contributed by atoms with Gasteiger partial charge in [-0.2, -0.15) is 13.2 Å². The van der Waals surface area contributed by atoms with Gasteiger partial charge in [-0.3, -0.25) is 4.79 Å². The highest BCUT2D eigenvalue weighted by molar-refractivity contribution is 6.34. The number of benzene rings is 1. The molecule has 1 N–H and O–H groups in total. The molecule has 0 radical (unpaired) electrons. The summed E-state index contributed by atoms with van der Waals surface area (Å²) in [5.74, 6) is -3.37. The number of hydrogen-bond donors (Lipinski definition) is 1. The molecule has 0 saturated carbocycles. The highest BCUT2D eigenvalue weighted by Crippen LogP contribution is 2.37. The van der Waals surface area contributed by atoms with Crippen molar-refractivity contribution in [1.29, 1.82) is 0 Å². The Morgan fingerprint density at radius 3 is 2.33 bits per heavy atom. The Balaban J connectivity index is 3.39. The van der Waals surface area contributed by atoms with Gasteiger partial charge in [-0.05, 0) is 12.1 Å². The van der Waals surface area contributed by atoms with Crippen molar-refractivity contribution in [2.75, 3.05) is 20.8 Å². The summed E-state index contributed by atoms with van der Waals surface area (Å²) in [5, 5.41) is 8.72. The topological polar surface area (TPSA) is 55.8 Å². The van der Waals surface area contributed by atoms with E-state index in [1.54, 1.807) is 0 Å². The largest absolute Gasteiger partial charge is 0.494 e. The third-order valence-electron chi connectivity index (χ3n) is 2.71. The predicted molar refractivity (Wildman–Crippen MR) is 65.2 cm³/mol. The number of rotatable bonds is 5. The van der Waals surface area contributed by atoms with E-state index in [1.807, 2.05) is 0 Å². The first-order valence-corrected chi connectivity index (χ1v) is 5.82. The summed E-state index contributed by atoms with van der Waals surface area (Å²) in [6, 6.07) is 1.76. The van der Waals surface area contributed by atoms with E-state index < -0.39 is 40.6 Å². The van der Waals surface area contributed by atoms with Crippen molar-refractivity contribution < 1.29 is 36.9 Å². The van der Waals surface area contributed by atoms with Gasteiger partial charge in [0.2, 0.25) is 11.4 Å². The third kappa shape index (κ3) is 3.12. The van der Waals surface area contributed by atoms with Gasteiger partial charge in [-0.25, -0.2) is 4.39 Å². The molecule has 0 heterocycles. The van der Waals surface area contributed by atoms with E-state index in [2.05, 4.69) is 9.47 Å². The number of ether oxygens (including phenoxy) is 2. The quantitative estimate of drug-likeness (QED) is 0.666. The molecule has 0 amide bonds. The first kappa shape index (κ1) is 17.7. The molecule has 4 nitrogen and oxygen atoms in total. The fraction of sp³-hybridized carbons (Fsp3) is 0.417. The van der Waals surface area contributed by atoms with Gasteiger partial charge in [-0.15, -0.1) is 0 Å². The van der Waals surface area contributed by atoms with E-state index >= 15 is 0 Å². The van der Waals surface area contributed by atoms with Crippen molar-refractivity contribution in [2.24, 2.45) is 0 Å². The summed E-state index contributed by atoms with van der Waals surface area (Å²) >= 11 is 5.53. The Morgan fingerprint density at radius 2 is 1.90 bits per heavy atom. The van der Waals surface area contributed by atoms with E-state index in [4.69, 9.17) is 11.6 Å². The van der Waals surface area contributed by atoms with Crippen LogP contribution in [0.2, 0.25) is 5.02 Å². The lowest BCUT2D eigenvalue weighted by atomic mass is 9.92. The predicted octanol–water partition coefficient (Wildman–Crippen LogP) is 2.61. The number of ketones is 1. The van der Waals surface area contributed by atoms with Crippen LogP contribution in [-0.4, -0.2) is 43.5 Å². The minimum absolute atomic E-state index is 0.348. The molecule has 0 unspecified atom stereocenters. The number of methoxy groups -OCH3 is 2. The van der Waals surface area contributed by atoms with E-state index in [9.17, 15) is 27.5 Å². The molecular formula is C12H11ClF4O4. The third-order valence-corrected chi connectivity index (χ3v) is 3.08. The Kier molecular flexibility index (Phi) is 5.19. The summed E-state index contributed by atoms with van der Waals surface area (Å²) in [6.07, 6.45) is -5.32. The lowest BCUT2D eigenvalue weighted by molar-refractivity contribution is -0.249. The van der Waals surface area contributed by atoms with Crippen molar-refractivity contribution in [3.8, 4) is 5.75 Å². The summed E-state index contributed by atoms with van der Waals surface area (Å²) < 4.78 is 61.2. The first-order valence-electron chi connectivity index (χ1n) is 5.45. The van der Waals surface area contributed by atoms with Crippen molar-refractivity contribution in [2.45, 2.75) is 11.8 Å². The summed E-state index contributed by atoms with van der Waals surface area (Å²) in [4.78, 5) is 11.9. The summed E-state index contributed by atoms with van der Waals surface area (Å²) in [5.41, 5.74) is -4.65. The minimum atomic E-state index is -5.32. The smallest absolute Gasteiger partial charge is 0.427 e. The van der Waals surface area contributed by atoms with E-state index in [-0.39, 0.29) is 5.75 Å². The van der Waals surface area contributed by atoms with Crippen LogP contribution < -0.4 is 4.74 Å². The molecule has 9 heteroatoms. The minimum Gasteiger partial charge on any atom is -0.494 e. The van der Waals surface area contributed by atoms with Crippen LogP contribution >= 0.6 is 11.6 Å². The maximum Gasteiger partial charge on any atom is 0.427 e. The van der Waals surface area contributed by atoms with Gasteiger partial charge in [0.15, 0.2) is 11.6 Å². The lowest BCUT2D eigenvalue weighted by Crippen LogP contribution is -2.55. The molecule has 1 aromatic rings. The average Bonchev–Trinajstić information content (AvgIpc) is 2.40. The molecule has 1 rings (SSSR count). The maximum atomic E-state index is 13.7. The average molecular weight is 331 g/mol. The first-order chi connectivity index (χ1) is 9.60. The van der Waals surface area contributed by atoms with Crippen LogP contribution in [-0.2, 0) is 4.74 Å². The van der Waals surface area contributed by atoms with Crippen molar-refractivity contribution in [3.05, 3.63) is 28.5 Å². The number of Topliss-reactive ketones (excluding diaryl/α,β-unsaturated/α-hetero) is 1. The van der Waals surface area contributed by atoms with Gasteiger partial charge >= 0.3 is 6.18 Å². The van der Waals surface area contributed by atoms with Gasteiger partial charge in [0.1, 0.15) is 0 Å². The fourth-order valence-corrected chi connectivity index (χ4v) is 1.81. The highest BCUT2D eigenvalue weighted by Gasteiger charge is 2.60. The number of carbonyl (C=O) groups is 1. The maximum absolute atomic E-state index is 13.7. The van der Waals surface area contributed by atoms with Crippen LogP contribution in [0.1, 0.15) is 10.4 Å². The van der Waals surface area contributed by atoms with Gasteiger partial charge in [0.25, 0.3) is 0 Å².